The van der Waals surface area contributed by atoms with Crippen LogP contribution in [0.3, 0.4) is 0 Å². The fourth-order valence-electron chi connectivity index (χ4n) is 1.31. The molecule has 1 aliphatic carbocycles. The van der Waals surface area contributed by atoms with Crippen molar-refractivity contribution in [2.75, 3.05) is 0 Å². The van der Waals surface area contributed by atoms with Crippen LogP contribution in [0.2, 0.25) is 0 Å². The van der Waals surface area contributed by atoms with Gasteiger partial charge in [-0.2, -0.15) is 0 Å². The van der Waals surface area contributed by atoms with E-state index in [-0.39, 0.29) is 5.41 Å². The van der Waals surface area contributed by atoms with Gasteiger partial charge >= 0.3 is 0 Å². The second-order valence-corrected chi connectivity index (χ2v) is 4.07. The molecular weight excluding hydrogens is 124 g/mol. The van der Waals surface area contributed by atoms with Gasteiger partial charge in [0.1, 0.15) is 6.29 Å². The molecule has 1 atom stereocenters. The lowest BCUT2D eigenvalue weighted by molar-refractivity contribution is -0.117. The summed E-state index contributed by atoms with van der Waals surface area (Å²) >= 11 is 0. The zero-order valence-corrected chi connectivity index (χ0v) is 7.05. The van der Waals surface area contributed by atoms with Crippen LogP contribution in [0.5, 0.6) is 0 Å². The Bertz CT molecular complexity index is 134. The Labute approximate surface area is 62.8 Å². The van der Waals surface area contributed by atoms with Crippen molar-refractivity contribution < 1.29 is 4.79 Å². The molecule has 0 aromatic carbocycles. The summed E-state index contributed by atoms with van der Waals surface area (Å²) in [7, 11) is 0. The molecule has 58 valence electrons. The second-order valence-electron chi connectivity index (χ2n) is 4.07. The van der Waals surface area contributed by atoms with E-state index in [9.17, 15) is 4.79 Å². The van der Waals surface area contributed by atoms with Crippen molar-refractivity contribution in [1.82, 2.24) is 0 Å². The van der Waals surface area contributed by atoms with Gasteiger partial charge in [-0.15, -0.1) is 0 Å². The quantitative estimate of drug-likeness (QED) is 0.549. The lowest BCUT2D eigenvalue weighted by Gasteiger charge is -2.25. The Morgan fingerprint density at radius 1 is 1.50 bits per heavy atom. The van der Waals surface area contributed by atoms with Crippen molar-refractivity contribution in [3.05, 3.63) is 0 Å². The SMILES string of the molecule is CC(C1CC1)C(C)(C)C=O. The van der Waals surface area contributed by atoms with Gasteiger partial charge in [0.25, 0.3) is 0 Å². The summed E-state index contributed by atoms with van der Waals surface area (Å²) in [4.78, 5) is 10.6. The standard InChI is InChI=1S/C9H16O/c1-7(8-4-5-8)9(2,3)6-10/h6-8H,4-5H2,1-3H3. The van der Waals surface area contributed by atoms with Gasteiger partial charge in [0, 0.05) is 5.41 Å². The maximum absolute atomic E-state index is 10.6. The molecule has 0 amide bonds. The van der Waals surface area contributed by atoms with Crippen molar-refractivity contribution >= 4 is 6.29 Å². The van der Waals surface area contributed by atoms with Crippen molar-refractivity contribution in [3.63, 3.8) is 0 Å². The fraction of sp³-hybridized carbons (Fsp3) is 0.889. The molecule has 1 saturated carbocycles. The molecule has 0 saturated heterocycles. The highest BCUT2D eigenvalue weighted by Gasteiger charge is 2.37. The van der Waals surface area contributed by atoms with E-state index >= 15 is 0 Å². The molecule has 0 aromatic rings. The summed E-state index contributed by atoms with van der Waals surface area (Å²) in [6.45, 7) is 6.25. The third-order valence-corrected chi connectivity index (χ3v) is 2.81. The van der Waals surface area contributed by atoms with Crippen LogP contribution in [0.25, 0.3) is 0 Å². The molecule has 1 heteroatoms. The summed E-state index contributed by atoms with van der Waals surface area (Å²) in [6, 6.07) is 0. The molecule has 0 N–H and O–H groups in total. The normalized spacial score (nSPS) is 22.3. The molecule has 10 heavy (non-hydrogen) atoms. The summed E-state index contributed by atoms with van der Waals surface area (Å²) in [5.41, 5.74) is -0.0961. The number of hydrogen-bond donors (Lipinski definition) is 0. The van der Waals surface area contributed by atoms with Gasteiger partial charge in [-0.3, -0.25) is 0 Å². The third-order valence-electron chi connectivity index (χ3n) is 2.81. The highest BCUT2D eigenvalue weighted by molar-refractivity contribution is 5.58. The molecule has 1 rings (SSSR count). The lowest BCUT2D eigenvalue weighted by Crippen LogP contribution is -2.24. The minimum absolute atomic E-state index is 0.0961. The van der Waals surface area contributed by atoms with Gasteiger partial charge in [0.15, 0.2) is 0 Å². The van der Waals surface area contributed by atoms with E-state index in [0.29, 0.717) is 5.92 Å². The van der Waals surface area contributed by atoms with Crippen molar-refractivity contribution in [2.24, 2.45) is 17.3 Å². The van der Waals surface area contributed by atoms with Crippen LogP contribution in [0, 0.1) is 17.3 Å². The zero-order valence-electron chi connectivity index (χ0n) is 7.05. The summed E-state index contributed by atoms with van der Waals surface area (Å²) < 4.78 is 0. The molecule has 0 spiro atoms. The Morgan fingerprint density at radius 3 is 2.30 bits per heavy atom. The van der Waals surface area contributed by atoms with Gasteiger partial charge in [-0.05, 0) is 24.7 Å². The highest BCUT2D eigenvalue weighted by atomic mass is 16.1. The Hall–Kier alpha value is -0.330. The van der Waals surface area contributed by atoms with Crippen LogP contribution in [0.4, 0.5) is 0 Å². The second kappa shape index (κ2) is 2.37. The summed E-state index contributed by atoms with van der Waals surface area (Å²) in [6.07, 6.45) is 3.76. The van der Waals surface area contributed by atoms with Gasteiger partial charge in [0.2, 0.25) is 0 Å². The molecule has 1 nitrogen and oxygen atoms in total. The van der Waals surface area contributed by atoms with E-state index in [4.69, 9.17) is 0 Å². The first-order chi connectivity index (χ1) is 4.58. The van der Waals surface area contributed by atoms with E-state index in [1.807, 2.05) is 13.8 Å². The van der Waals surface area contributed by atoms with Crippen molar-refractivity contribution in [3.8, 4) is 0 Å². The number of hydrogen-bond acceptors (Lipinski definition) is 1. The first kappa shape index (κ1) is 7.77. The Morgan fingerprint density at radius 2 is 2.00 bits per heavy atom. The molecular formula is C9H16O. The first-order valence-electron chi connectivity index (χ1n) is 4.04. The third kappa shape index (κ3) is 1.39. The molecule has 0 heterocycles. The Kier molecular flexibility index (Phi) is 1.84. The van der Waals surface area contributed by atoms with E-state index in [2.05, 4.69) is 6.92 Å². The highest BCUT2D eigenvalue weighted by Crippen LogP contribution is 2.44. The Balaban J connectivity index is 2.51. The van der Waals surface area contributed by atoms with Crippen LogP contribution >= 0.6 is 0 Å². The average molecular weight is 140 g/mol. The van der Waals surface area contributed by atoms with Crippen LogP contribution in [-0.2, 0) is 4.79 Å². The van der Waals surface area contributed by atoms with E-state index < -0.39 is 0 Å². The van der Waals surface area contributed by atoms with Gasteiger partial charge < -0.3 is 4.79 Å². The number of aldehydes is 1. The lowest BCUT2D eigenvalue weighted by atomic mass is 9.78. The maximum atomic E-state index is 10.6. The summed E-state index contributed by atoms with van der Waals surface area (Å²) in [5, 5.41) is 0. The van der Waals surface area contributed by atoms with E-state index in [0.717, 1.165) is 12.2 Å². The van der Waals surface area contributed by atoms with Gasteiger partial charge in [-0.1, -0.05) is 20.8 Å². The average Bonchev–Trinajstić information content (AvgIpc) is 2.68. The maximum Gasteiger partial charge on any atom is 0.125 e. The molecule has 0 radical (unpaired) electrons. The molecule has 1 unspecified atom stereocenters. The van der Waals surface area contributed by atoms with E-state index in [1.54, 1.807) is 0 Å². The topological polar surface area (TPSA) is 17.1 Å². The van der Waals surface area contributed by atoms with Gasteiger partial charge in [0.05, 0.1) is 0 Å². The van der Waals surface area contributed by atoms with Crippen molar-refractivity contribution in [1.29, 1.82) is 0 Å². The van der Waals surface area contributed by atoms with Crippen LogP contribution in [0.1, 0.15) is 33.6 Å². The number of carbonyl (C=O) groups is 1. The number of rotatable bonds is 3. The fourth-order valence-corrected chi connectivity index (χ4v) is 1.31. The molecule has 0 bridgehead atoms. The first-order valence-corrected chi connectivity index (χ1v) is 4.04. The number of carbonyl (C=O) groups excluding carboxylic acids is 1. The predicted molar refractivity (Wildman–Crippen MR) is 41.7 cm³/mol. The minimum atomic E-state index is -0.0961. The van der Waals surface area contributed by atoms with Crippen LogP contribution in [-0.4, -0.2) is 6.29 Å². The smallest absolute Gasteiger partial charge is 0.125 e. The zero-order chi connectivity index (χ0) is 7.78. The molecule has 0 aliphatic heterocycles. The minimum Gasteiger partial charge on any atom is -0.303 e. The monoisotopic (exact) mass is 140 g/mol. The predicted octanol–water partition coefficient (Wildman–Crippen LogP) is 2.26. The van der Waals surface area contributed by atoms with E-state index in [1.165, 1.54) is 12.8 Å². The molecule has 1 aliphatic rings. The largest absolute Gasteiger partial charge is 0.303 e. The van der Waals surface area contributed by atoms with Crippen LogP contribution in [0.15, 0.2) is 0 Å². The summed E-state index contributed by atoms with van der Waals surface area (Å²) in [5.74, 6) is 1.41. The van der Waals surface area contributed by atoms with Crippen LogP contribution < -0.4 is 0 Å². The molecule has 1 fully saturated rings. The van der Waals surface area contributed by atoms with Gasteiger partial charge in [-0.25, -0.2) is 0 Å². The molecule has 0 aromatic heterocycles. The van der Waals surface area contributed by atoms with Crippen molar-refractivity contribution in [2.45, 2.75) is 33.6 Å².